The van der Waals surface area contributed by atoms with E-state index < -0.39 is 10.0 Å². The summed E-state index contributed by atoms with van der Waals surface area (Å²) in [6.45, 7) is 7.90. The molecular formula is C22H26N4O5S. The van der Waals surface area contributed by atoms with E-state index in [0.717, 1.165) is 0 Å². The fraction of sp³-hybridized carbons (Fsp3) is 0.318. The van der Waals surface area contributed by atoms with Crippen LogP contribution in [0.3, 0.4) is 0 Å². The zero-order chi connectivity index (χ0) is 23.3. The van der Waals surface area contributed by atoms with E-state index in [1.165, 1.54) is 10.4 Å². The first-order valence-electron chi connectivity index (χ1n) is 10.2. The maximum absolute atomic E-state index is 12.9. The minimum Gasteiger partial charge on any atom is -0.485 e. The van der Waals surface area contributed by atoms with Crippen molar-refractivity contribution in [2.24, 2.45) is 0 Å². The van der Waals surface area contributed by atoms with Crippen LogP contribution in [0.5, 0.6) is 5.75 Å². The lowest BCUT2D eigenvalue weighted by molar-refractivity contribution is 0.102. The summed E-state index contributed by atoms with van der Waals surface area (Å²) in [5, 5.41) is 6.51. The molecule has 3 rings (SSSR count). The number of nitrogens with zero attached hydrogens (tertiary/aromatic N) is 3. The van der Waals surface area contributed by atoms with Gasteiger partial charge in [-0.2, -0.15) is 9.29 Å². The lowest BCUT2D eigenvalue weighted by atomic mass is 10.2. The molecule has 0 saturated heterocycles. The number of anilines is 1. The van der Waals surface area contributed by atoms with Gasteiger partial charge in [-0.25, -0.2) is 8.42 Å². The third-order valence-corrected chi connectivity index (χ3v) is 7.02. The SMILES string of the molecule is CCN(CC)S(=O)(=O)c1cc(NC(=O)c2ccc(OCc3noc(C)n3)cc2)ccc1C. The Hall–Kier alpha value is -3.24. The van der Waals surface area contributed by atoms with Crippen LogP contribution in [0.25, 0.3) is 0 Å². The Balaban J connectivity index is 1.70. The van der Waals surface area contributed by atoms with Gasteiger partial charge in [0.1, 0.15) is 5.75 Å². The monoisotopic (exact) mass is 458 g/mol. The van der Waals surface area contributed by atoms with Gasteiger partial charge in [-0.15, -0.1) is 0 Å². The molecule has 0 aliphatic carbocycles. The van der Waals surface area contributed by atoms with Crippen molar-refractivity contribution in [2.45, 2.75) is 39.2 Å². The standard InChI is InChI=1S/C22H26N4O5S/c1-5-26(6-2)32(28,29)20-13-18(10-7-15(20)3)24-22(27)17-8-11-19(12-9-17)30-14-21-23-16(4)31-25-21/h7-13H,5-6,14H2,1-4H3,(H,24,27). The van der Waals surface area contributed by atoms with Crippen molar-refractivity contribution in [3.63, 3.8) is 0 Å². The molecule has 1 aromatic heterocycles. The first-order valence-corrected chi connectivity index (χ1v) is 11.6. The molecule has 1 heterocycles. The Morgan fingerprint density at radius 2 is 1.78 bits per heavy atom. The second-order valence-corrected chi connectivity index (χ2v) is 8.97. The minimum absolute atomic E-state index is 0.149. The van der Waals surface area contributed by atoms with Crippen LogP contribution in [0.2, 0.25) is 0 Å². The van der Waals surface area contributed by atoms with E-state index >= 15 is 0 Å². The topological polar surface area (TPSA) is 115 Å². The van der Waals surface area contributed by atoms with Gasteiger partial charge < -0.3 is 14.6 Å². The quantitative estimate of drug-likeness (QED) is 0.521. The van der Waals surface area contributed by atoms with Gasteiger partial charge in [0, 0.05) is 31.3 Å². The zero-order valence-electron chi connectivity index (χ0n) is 18.5. The maximum Gasteiger partial charge on any atom is 0.255 e. The van der Waals surface area contributed by atoms with Gasteiger partial charge in [-0.3, -0.25) is 4.79 Å². The predicted molar refractivity (Wildman–Crippen MR) is 119 cm³/mol. The fourth-order valence-electron chi connectivity index (χ4n) is 3.11. The third-order valence-electron chi connectivity index (χ3n) is 4.82. The summed E-state index contributed by atoms with van der Waals surface area (Å²) in [6, 6.07) is 11.4. The number of amides is 1. The second kappa shape index (κ2) is 9.92. The smallest absolute Gasteiger partial charge is 0.255 e. The van der Waals surface area contributed by atoms with Gasteiger partial charge in [0.05, 0.1) is 4.90 Å². The highest BCUT2D eigenvalue weighted by atomic mass is 32.2. The van der Waals surface area contributed by atoms with Crippen LogP contribution in [0.15, 0.2) is 51.9 Å². The van der Waals surface area contributed by atoms with Crippen molar-refractivity contribution >= 4 is 21.6 Å². The third kappa shape index (κ3) is 5.32. The van der Waals surface area contributed by atoms with Crippen molar-refractivity contribution in [3.8, 4) is 5.75 Å². The molecule has 0 fully saturated rings. The lowest BCUT2D eigenvalue weighted by Gasteiger charge is -2.20. The Labute approximate surface area is 187 Å². The van der Waals surface area contributed by atoms with E-state index in [0.29, 0.717) is 47.4 Å². The normalized spacial score (nSPS) is 11.5. The Morgan fingerprint density at radius 1 is 1.09 bits per heavy atom. The number of aryl methyl sites for hydroxylation is 2. The number of ether oxygens (including phenoxy) is 1. The van der Waals surface area contributed by atoms with Gasteiger partial charge in [0.2, 0.25) is 21.7 Å². The van der Waals surface area contributed by atoms with Crippen molar-refractivity contribution in [3.05, 3.63) is 65.3 Å². The summed E-state index contributed by atoms with van der Waals surface area (Å²) in [7, 11) is -3.64. The molecule has 0 spiro atoms. The van der Waals surface area contributed by atoms with Gasteiger partial charge in [-0.05, 0) is 48.9 Å². The van der Waals surface area contributed by atoms with Crippen molar-refractivity contribution in [2.75, 3.05) is 18.4 Å². The molecule has 170 valence electrons. The van der Waals surface area contributed by atoms with Gasteiger partial charge in [0.15, 0.2) is 6.61 Å². The highest BCUT2D eigenvalue weighted by Gasteiger charge is 2.24. The van der Waals surface area contributed by atoms with E-state index in [1.807, 2.05) is 0 Å². The number of benzene rings is 2. The maximum atomic E-state index is 12.9. The van der Waals surface area contributed by atoms with Crippen LogP contribution in [0.1, 0.15) is 41.5 Å². The lowest BCUT2D eigenvalue weighted by Crippen LogP contribution is -2.31. The second-order valence-electron chi connectivity index (χ2n) is 7.07. The molecule has 2 aromatic carbocycles. The molecule has 0 atom stereocenters. The van der Waals surface area contributed by atoms with Crippen LogP contribution in [0, 0.1) is 13.8 Å². The highest BCUT2D eigenvalue weighted by molar-refractivity contribution is 7.89. The average molecular weight is 459 g/mol. The Morgan fingerprint density at radius 3 is 2.38 bits per heavy atom. The Bertz CT molecular complexity index is 1190. The van der Waals surface area contributed by atoms with Crippen LogP contribution < -0.4 is 10.1 Å². The van der Waals surface area contributed by atoms with E-state index in [-0.39, 0.29) is 17.4 Å². The van der Waals surface area contributed by atoms with E-state index in [2.05, 4.69) is 15.5 Å². The predicted octanol–water partition coefficient (Wildman–Crippen LogP) is 3.55. The molecule has 10 heteroatoms. The molecule has 0 unspecified atom stereocenters. The summed E-state index contributed by atoms with van der Waals surface area (Å²) in [6.07, 6.45) is 0. The van der Waals surface area contributed by atoms with E-state index in [1.54, 1.807) is 64.1 Å². The number of carbonyl (C=O) groups excluding carboxylic acids is 1. The average Bonchev–Trinajstić information content (AvgIpc) is 3.19. The highest BCUT2D eigenvalue weighted by Crippen LogP contribution is 2.24. The number of rotatable bonds is 9. The van der Waals surface area contributed by atoms with E-state index in [4.69, 9.17) is 9.26 Å². The van der Waals surface area contributed by atoms with Crippen molar-refractivity contribution in [1.82, 2.24) is 14.4 Å². The molecule has 0 aliphatic heterocycles. The summed E-state index contributed by atoms with van der Waals surface area (Å²) in [4.78, 5) is 16.9. The van der Waals surface area contributed by atoms with E-state index in [9.17, 15) is 13.2 Å². The summed E-state index contributed by atoms with van der Waals surface area (Å²) < 4.78 is 37.7. The van der Waals surface area contributed by atoms with Crippen LogP contribution >= 0.6 is 0 Å². The summed E-state index contributed by atoms with van der Waals surface area (Å²) in [5.74, 6) is 1.08. The molecule has 32 heavy (non-hydrogen) atoms. The summed E-state index contributed by atoms with van der Waals surface area (Å²) in [5.41, 5.74) is 1.42. The minimum atomic E-state index is -3.64. The number of hydrogen-bond donors (Lipinski definition) is 1. The van der Waals surface area contributed by atoms with Gasteiger partial charge >= 0.3 is 0 Å². The van der Waals surface area contributed by atoms with Crippen LogP contribution in [-0.2, 0) is 16.6 Å². The molecule has 1 amide bonds. The number of aromatic nitrogens is 2. The molecule has 0 bridgehead atoms. The largest absolute Gasteiger partial charge is 0.485 e. The van der Waals surface area contributed by atoms with Crippen molar-refractivity contribution < 1.29 is 22.5 Å². The van der Waals surface area contributed by atoms with Crippen molar-refractivity contribution in [1.29, 1.82) is 0 Å². The number of sulfonamides is 1. The molecular weight excluding hydrogens is 432 g/mol. The first-order chi connectivity index (χ1) is 15.2. The molecule has 1 N–H and O–H groups in total. The molecule has 3 aromatic rings. The van der Waals surface area contributed by atoms with Gasteiger partial charge in [-0.1, -0.05) is 25.1 Å². The molecule has 0 radical (unpaired) electrons. The van der Waals surface area contributed by atoms with Crippen LogP contribution in [0.4, 0.5) is 5.69 Å². The fourth-order valence-corrected chi connectivity index (χ4v) is 4.82. The zero-order valence-corrected chi connectivity index (χ0v) is 19.3. The Kier molecular flexibility index (Phi) is 7.26. The molecule has 0 aliphatic rings. The number of carbonyl (C=O) groups is 1. The number of nitrogens with one attached hydrogen (secondary N) is 1. The summed E-state index contributed by atoms with van der Waals surface area (Å²) >= 11 is 0. The van der Waals surface area contributed by atoms with Gasteiger partial charge in [0.25, 0.3) is 5.91 Å². The molecule has 0 saturated carbocycles. The molecule has 9 nitrogen and oxygen atoms in total. The number of hydrogen-bond acceptors (Lipinski definition) is 7. The van der Waals surface area contributed by atoms with Crippen LogP contribution in [-0.4, -0.2) is 41.9 Å². The first kappa shape index (κ1) is 23.4.